The lowest BCUT2D eigenvalue weighted by molar-refractivity contribution is 0.215. The van der Waals surface area contributed by atoms with Gasteiger partial charge in [0.15, 0.2) is 0 Å². The predicted octanol–water partition coefficient (Wildman–Crippen LogP) is 1.22. The SMILES string of the molecule is CC(=N)/C=C1/CN(C)CC(C)(C)N1. The summed E-state index contributed by atoms with van der Waals surface area (Å²) < 4.78 is 0. The maximum atomic E-state index is 7.39. The molecule has 0 unspecified atom stereocenters. The van der Waals surface area contributed by atoms with E-state index in [1.54, 1.807) is 6.92 Å². The van der Waals surface area contributed by atoms with Crippen LogP contribution in [0.5, 0.6) is 0 Å². The van der Waals surface area contributed by atoms with Gasteiger partial charge in [0, 0.05) is 30.0 Å². The summed E-state index contributed by atoms with van der Waals surface area (Å²) in [5, 5.41) is 10.8. The Kier molecular flexibility index (Phi) is 2.76. The van der Waals surface area contributed by atoms with Gasteiger partial charge in [0.25, 0.3) is 0 Å². The van der Waals surface area contributed by atoms with Crippen LogP contribution in [0.1, 0.15) is 20.8 Å². The number of piperazine rings is 1. The van der Waals surface area contributed by atoms with E-state index in [2.05, 4.69) is 31.1 Å². The summed E-state index contributed by atoms with van der Waals surface area (Å²) in [5.74, 6) is 0. The molecular formula is C10H19N3. The van der Waals surface area contributed by atoms with Crippen molar-refractivity contribution in [3.05, 3.63) is 11.8 Å². The largest absolute Gasteiger partial charge is 0.381 e. The van der Waals surface area contributed by atoms with Gasteiger partial charge >= 0.3 is 0 Å². The summed E-state index contributed by atoms with van der Waals surface area (Å²) in [6.07, 6.45) is 1.90. The molecule has 1 aliphatic heterocycles. The zero-order chi connectivity index (χ0) is 10.1. The first-order valence-electron chi connectivity index (χ1n) is 4.61. The van der Waals surface area contributed by atoms with Crippen LogP contribution in [0.2, 0.25) is 0 Å². The van der Waals surface area contributed by atoms with Crippen molar-refractivity contribution >= 4 is 5.71 Å². The van der Waals surface area contributed by atoms with Crippen LogP contribution in [0.15, 0.2) is 11.8 Å². The van der Waals surface area contributed by atoms with Crippen molar-refractivity contribution in [2.45, 2.75) is 26.3 Å². The molecule has 3 nitrogen and oxygen atoms in total. The van der Waals surface area contributed by atoms with E-state index in [-0.39, 0.29) is 5.54 Å². The molecular weight excluding hydrogens is 162 g/mol. The van der Waals surface area contributed by atoms with E-state index >= 15 is 0 Å². The van der Waals surface area contributed by atoms with E-state index in [1.165, 1.54) is 0 Å². The molecule has 1 rings (SSSR count). The second-order valence-electron chi connectivity index (χ2n) is 4.53. The lowest BCUT2D eigenvalue weighted by Gasteiger charge is -2.39. The van der Waals surface area contributed by atoms with Crippen molar-refractivity contribution in [2.75, 3.05) is 20.1 Å². The fourth-order valence-corrected chi connectivity index (χ4v) is 1.88. The molecule has 3 heteroatoms. The average molecular weight is 181 g/mol. The van der Waals surface area contributed by atoms with E-state index in [1.807, 2.05) is 6.08 Å². The molecule has 0 atom stereocenters. The smallest absolute Gasteiger partial charge is 0.0441 e. The molecule has 0 saturated carbocycles. The van der Waals surface area contributed by atoms with Crippen LogP contribution in [0, 0.1) is 5.41 Å². The van der Waals surface area contributed by atoms with Crippen LogP contribution in [-0.2, 0) is 0 Å². The zero-order valence-electron chi connectivity index (χ0n) is 8.94. The Morgan fingerprint density at radius 1 is 1.62 bits per heavy atom. The van der Waals surface area contributed by atoms with E-state index in [9.17, 15) is 0 Å². The molecule has 0 aliphatic carbocycles. The highest BCUT2D eigenvalue weighted by atomic mass is 15.2. The Morgan fingerprint density at radius 2 is 2.23 bits per heavy atom. The van der Waals surface area contributed by atoms with E-state index in [0.29, 0.717) is 5.71 Å². The summed E-state index contributed by atoms with van der Waals surface area (Å²) in [4.78, 5) is 2.27. The van der Waals surface area contributed by atoms with Crippen LogP contribution in [0.4, 0.5) is 0 Å². The number of hydrogen-bond donors (Lipinski definition) is 2. The third kappa shape index (κ3) is 3.19. The fraction of sp³-hybridized carbons (Fsp3) is 0.700. The van der Waals surface area contributed by atoms with E-state index in [0.717, 1.165) is 18.8 Å². The first-order chi connectivity index (χ1) is 5.89. The molecule has 1 saturated heterocycles. The Bertz CT molecular complexity index is 241. The molecule has 2 N–H and O–H groups in total. The van der Waals surface area contributed by atoms with Gasteiger partial charge in [-0.25, -0.2) is 0 Å². The normalized spacial score (nSPS) is 25.7. The van der Waals surface area contributed by atoms with Crippen molar-refractivity contribution in [3.8, 4) is 0 Å². The maximum Gasteiger partial charge on any atom is 0.0441 e. The van der Waals surface area contributed by atoms with Crippen molar-refractivity contribution < 1.29 is 0 Å². The molecule has 0 amide bonds. The van der Waals surface area contributed by atoms with Crippen molar-refractivity contribution in [1.29, 1.82) is 5.41 Å². The van der Waals surface area contributed by atoms with Gasteiger partial charge in [-0.05, 0) is 33.9 Å². The van der Waals surface area contributed by atoms with Gasteiger partial charge in [-0.3, -0.25) is 4.90 Å². The molecule has 0 bridgehead atoms. The fourth-order valence-electron chi connectivity index (χ4n) is 1.88. The summed E-state index contributed by atoms with van der Waals surface area (Å²) in [6, 6.07) is 0. The lowest BCUT2D eigenvalue weighted by atomic mass is 10.0. The number of allylic oxidation sites excluding steroid dienone is 1. The first kappa shape index (κ1) is 10.3. The van der Waals surface area contributed by atoms with Gasteiger partial charge in [-0.2, -0.15) is 0 Å². The van der Waals surface area contributed by atoms with Gasteiger partial charge in [0.05, 0.1) is 0 Å². The summed E-state index contributed by atoms with van der Waals surface area (Å²) in [6.45, 7) is 8.11. The number of nitrogens with one attached hydrogen (secondary N) is 2. The Morgan fingerprint density at radius 3 is 2.69 bits per heavy atom. The topological polar surface area (TPSA) is 39.1 Å². The number of nitrogens with zero attached hydrogens (tertiary/aromatic N) is 1. The maximum absolute atomic E-state index is 7.39. The van der Waals surface area contributed by atoms with Crippen LogP contribution in [0.25, 0.3) is 0 Å². The van der Waals surface area contributed by atoms with Gasteiger partial charge < -0.3 is 10.7 Å². The molecule has 0 aromatic heterocycles. The average Bonchev–Trinajstić information content (AvgIpc) is 1.78. The summed E-state index contributed by atoms with van der Waals surface area (Å²) in [5.41, 5.74) is 1.87. The highest BCUT2D eigenvalue weighted by Crippen LogP contribution is 2.14. The summed E-state index contributed by atoms with van der Waals surface area (Å²) in [7, 11) is 2.11. The van der Waals surface area contributed by atoms with Crippen molar-refractivity contribution in [1.82, 2.24) is 10.2 Å². The monoisotopic (exact) mass is 181 g/mol. The van der Waals surface area contributed by atoms with E-state index in [4.69, 9.17) is 5.41 Å². The molecule has 0 aromatic rings. The zero-order valence-corrected chi connectivity index (χ0v) is 8.94. The molecule has 0 spiro atoms. The minimum absolute atomic E-state index is 0.119. The van der Waals surface area contributed by atoms with Crippen molar-refractivity contribution in [2.24, 2.45) is 0 Å². The minimum atomic E-state index is 0.119. The van der Waals surface area contributed by atoms with Gasteiger partial charge in [0.2, 0.25) is 0 Å². The third-order valence-corrected chi connectivity index (χ3v) is 2.00. The molecule has 0 aromatic carbocycles. The van der Waals surface area contributed by atoms with Gasteiger partial charge in [0.1, 0.15) is 0 Å². The Balaban J connectivity index is 2.74. The third-order valence-electron chi connectivity index (χ3n) is 2.00. The molecule has 74 valence electrons. The summed E-state index contributed by atoms with van der Waals surface area (Å²) >= 11 is 0. The second-order valence-corrected chi connectivity index (χ2v) is 4.53. The highest BCUT2D eigenvalue weighted by Gasteiger charge is 2.25. The highest BCUT2D eigenvalue weighted by molar-refractivity contribution is 5.90. The number of hydrogen-bond acceptors (Lipinski definition) is 3. The first-order valence-corrected chi connectivity index (χ1v) is 4.61. The Labute approximate surface area is 80.3 Å². The molecule has 1 aliphatic rings. The molecule has 1 fully saturated rings. The molecule has 1 heterocycles. The van der Waals surface area contributed by atoms with E-state index < -0.39 is 0 Å². The number of likely N-dealkylation sites (N-methyl/N-ethyl adjacent to an activating group) is 1. The lowest BCUT2D eigenvalue weighted by Crippen LogP contribution is -2.54. The Hall–Kier alpha value is -0.830. The van der Waals surface area contributed by atoms with Crippen LogP contribution in [-0.4, -0.2) is 36.3 Å². The predicted molar refractivity (Wildman–Crippen MR) is 56.2 cm³/mol. The molecule has 13 heavy (non-hydrogen) atoms. The van der Waals surface area contributed by atoms with Gasteiger partial charge in [-0.15, -0.1) is 0 Å². The quantitative estimate of drug-likeness (QED) is 0.597. The van der Waals surface area contributed by atoms with Crippen LogP contribution in [0.3, 0.4) is 0 Å². The van der Waals surface area contributed by atoms with Crippen molar-refractivity contribution in [3.63, 3.8) is 0 Å². The minimum Gasteiger partial charge on any atom is -0.381 e. The second kappa shape index (κ2) is 3.50. The standard InChI is InChI=1S/C10H19N3/c1-8(11)5-9-6-13(4)7-10(2,3)12-9/h5,11-12H,6-7H2,1-4H3/b9-5-,11-8?. The van der Waals surface area contributed by atoms with Crippen LogP contribution < -0.4 is 5.32 Å². The number of rotatable bonds is 1. The van der Waals surface area contributed by atoms with Gasteiger partial charge in [-0.1, -0.05) is 0 Å². The molecule has 0 radical (unpaired) electrons. The van der Waals surface area contributed by atoms with Crippen LogP contribution >= 0.6 is 0 Å².